The van der Waals surface area contributed by atoms with E-state index in [-0.39, 0.29) is 0 Å². The third-order valence-corrected chi connectivity index (χ3v) is 2.16. The van der Waals surface area contributed by atoms with Gasteiger partial charge in [-0.25, -0.2) is 4.98 Å². The van der Waals surface area contributed by atoms with Crippen molar-refractivity contribution in [3.05, 3.63) is 12.2 Å². The molecule has 92 valence electrons. The van der Waals surface area contributed by atoms with Crippen molar-refractivity contribution in [3.63, 3.8) is 0 Å². The molecule has 5 heteroatoms. The van der Waals surface area contributed by atoms with Crippen molar-refractivity contribution in [2.45, 2.75) is 33.4 Å². The molecule has 1 rings (SSSR count). The van der Waals surface area contributed by atoms with E-state index in [9.17, 15) is 0 Å². The lowest BCUT2D eigenvalue weighted by Crippen LogP contribution is -2.19. The van der Waals surface area contributed by atoms with Gasteiger partial charge in [-0.1, -0.05) is 13.8 Å². The number of nitrogens with zero attached hydrogens (tertiary/aromatic N) is 3. The van der Waals surface area contributed by atoms with Crippen LogP contribution in [0.5, 0.6) is 0 Å². The van der Waals surface area contributed by atoms with Gasteiger partial charge in [0.15, 0.2) is 5.82 Å². The Morgan fingerprint density at radius 1 is 1.50 bits per heavy atom. The van der Waals surface area contributed by atoms with Crippen LogP contribution in [0.4, 0.5) is 0 Å². The molecule has 0 atom stereocenters. The second-order valence-corrected chi connectivity index (χ2v) is 4.29. The fraction of sp³-hybridized carbons (Fsp3) is 0.818. The van der Waals surface area contributed by atoms with Crippen molar-refractivity contribution in [2.75, 3.05) is 20.3 Å². The summed E-state index contributed by atoms with van der Waals surface area (Å²) in [6.07, 6.45) is 2.75. The Morgan fingerprint density at radius 2 is 2.31 bits per heavy atom. The van der Waals surface area contributed by atoms with Gasteiger partial charge in [0.05, 0.1) is 6.54 Å². The number of ether oxygens (including phenoxy) is 1. The molecule has 0 fully saturated rings. The van der Waals surface area contributed by atoms with E-state index in [1.165, 1.54) is 0 Å². The molecule has 0 unspecified atom stereocenters. The van der Waals surface area contributed by atoms with E-state index < -0.39 is 0 Å². The molecule has 0 aliphatic rings. The third-order valence-electron chi connectivity index (χ3n) is 2.16. The smallest absolute Gasteiger partial charge is 0.164 e. The van der Waals surface area contributed by atoms with Crippen molar-refractivity contribution in [1.29, 1.82) is 0 Å². The topological polar surface area (TPSA) is 52.0 Å². The first-order valence-corrected chi connectivity index (χ1v) is 5.80. The second kappa shape index (κ2) is 7.35. The van der Waals surface area contributed by atoms with Crippen molar-refractivity contribution in [2.24, 2.45) is 5.92 Å². The Bertz CT molecular complexity index is 285. The number of hydrogen-bond donors (Lipinski definition) is 1. The summed E-state index contributed by atoms with van der Waals surface area (Å²) in [6, 6.07) is 0. The van der Waals surface area contributed by atoms with Gasteiger partial charge in [-0.05, 0) is 18.9 Å². The Labute approximate surface area is 97.2 Å². The number of rotatable bonds is 8. The maximum absolute atomic E-state index is 4.99. The maximum Gasteiger partial charge on any atom is 0.164 e. The number of nitrogens with one attached hydrogen (secondary N) is 1. The summed E-state index contributed by atoms with van der Waals surface area (Å²) in [6.45, 7) is 7.74. The summed E-state index contributed by atoms with van der Waals surface area (Å²) in [5, 5.41) is 7.69. The molecule has 0 aromatic carbocycles. The van der Waals surface area contributed by atoms with Crippen LogP contribution < -0.4 is 5.32 Å². The third kappa shape index (κ3) is 5.23. The Kier molecular flexibility index (Phi) is 6.03. The van der Waals surface area contributed by atoms with Gasteiger partial charge in [0, 0.05) is 20.3 Å². The zero-order chi connectivity index (χ0) is 11.8. The van der Waals surface area contributed by atoms with Crippen LogP contribution in [0.25, 0.3) is 0 Å². The monoisotopic (exact) mass is 226 g/mol. The van der Waals surface area contributed by atoms with E-state index in [0.717, 1.165) is 38.5 Å². The minimum absolute atomic E-state index is 0.656. The number of methoxy groups -OCH3 is 1. The molecule has 16 heavy (non-hydrogen) atoms. The van der Waals surface area contributed by atoms with Gasteiger partial charge in [0.2, 0.25) is 0 Å². The van der Waals surface area contributed by atoms with E-state index >= 15 is 0 Å². The lowest BCUT2D eigenvalue weighted by molar-refractivity contribution is 0.189. The fourth-order valence-corrected chi connectivity index (χ4v) is 1.37. The van der Waals surface area contributed by atoms with Crippen LogP contribution in [-0.4, -0.2) is 35.0 Å². The first kappa shape index (κ1) is 13.1. The highest BCUT2D eigenvalue weighted by Gasteiger charge is 2.00. The lowest BCUT2D eigenvalue weighted by Gasteiger charge is -2.04. The van der Waals surface area contributed by atoms with E-state index in [0.29, 0.717) is 5.92 Å². The fourth-order valence-electron chi connectivity index (χ4n) is 1.37. The molecule has 0 radical (unpaired) electrons. The Hall–Kier alpha value is -0.940. The van der Waals surface area contributed by atoms with Crippen LogP contribution in [0, 0.1) is 5.92 Å². The number of aryl methyl sites for hydroxylation is 1. The number of aromatic nitrogens is 3. The van der Waals surface area contributed by atoms with Crippen LogP contribution in [0.1, 0.15) is 26.1 Å². The molecule has 0 aliphatic carbocycles. The molecule has 1 aromatic heterocycles. The largest absolute Gasteiger partial charge is 0.385 e. The molecule has 5 nitrogen and oxygen atoms in total. The first-order chi connectivity index (χ1) is 7.72. The van der Waals surface area contributed by atoms with Gasteiger partial charge in [0.1, 0.15) is 6.33 Å². The predicted molar refractivity (Wildman–Crippen MR) is 63.1 cm³/mol. The van der Waals surface area contributed by atoms with E-state index in [1.54, 1.807) is 13.4 Å². The highest BCUT2D eigenvalue weighted by molar-refractivity contribution is 4.80. The van der Waals surface area contributed by atoms with Crippen LogP contribution in [0.15, 0.2) is 6.33 Å². The molecule has 1 heterocycles. The van der Waals surface area contributed by atoms with E-state index in [4.69, 9.17) is 4.74 Å². The lowest BCUT2D eigenvalue weighted by atomic mass is 10.2. The minimum atomic E-state index is 0.656. The van der Waals surface area contributed by atoms with Gasteiger partial charge in [-0.3, -0.25) is 4.68 Å². The van der Waals surface area contributed by atoms with Crippen LogP contribution in [0.2, 0.25) is 0 Å². The molecule has 1 N–H and O–H groups in total. The van der Waals surface area contributed by atoms with E-state index in [2.05, 4.69) is 29.2 Å². The Morgan fingerprint density at radius 3 is 3.00 bits per heavy atom. The molecule has 1 aromatic rings. The highest BCUT2D eigenvalue weighted by Crippen LogP contribution is 1.94. The second-order valence-electron chi connectivity index (χ2n) is 4.29. The molecular formula is C11H22N4O. The summed E-state index contributed by atoms with van der Waals surface area (Å²) in [7, 11) is 1.71. The summed E-state index contributed by atoms with van der Waals surface area (Å²) in [5.74, 6) is 1.52. The zero-order valence-corrected chi connectivity index (χ0v) is 10.4. The van der Waals surface area contributed by atoms with E-state index in [1.807, 2.05) is 4.68 Å². The van der Waals surface area contributed by atoms with Crippen LogP contribution in [0.3, 0.4) is 0 Å². The first-order valence-electron chi connectivity index (χ1n) is 5.80. The molecule has 0 bridgehead atoms. The zero-order valence-electron chi connectivity index (χ0n) is 10.4. The van der Waals surface area contributed by atoms with Crippen molar-refractivity contribution in [1.82, 2.24) is 20.1 Å². The molecule has 0 saturated carbocycles. The van der Waals surface area contributed by atoms with Gasteiger partial charge in [-0.15, -0.1) is 0 Å². The summed E-state index contributed by atoms with van der Waals surface area (Å²) >= 11 is 0. The summed E-state index contributed by atoms with van der Waals surface area (Å²) in [4.78, 5) is 4.24. The van der Waals surface area contributed by atoms with Crippen molar-refractivity contribution >= 4 is 0 Å². The maximum atomic E-state index is 4.99. The molecule has 0 amide bonds. The molecular weight excluding hydrogens is 204 g/mol. The van der Waals surface area contributed by atoms with Crippen LogP contribution in [-0.2, 0) is 17.8 Å². The summed E-state index contributed by atoms with van der Waals surface area (Å²) < 4.78 is 6.85. The Balaban J connectivity index is 2.22. The average Bonchev–Trinajstić information content (AvgIpc) is 2.66. The SMILES string of the molecule is COCCCn1cnc(CNCC(C)C)n1. The van der Waals surface area contributed by atoms with Gasteiger partial charge < -0.3 is 10.1 Å². The van der Waals surface area contributed by atoms with Gasteiger partial charge in [-0.2, -0.15) is 5.10 Å². The summed E-state index contributed by atoms with van der Waals surface area (Å²) in [5.41, 5.74) is 0. The van der Waals surface area contributed by atoms with Gasteiger partial charge >= 0.3 is 0 Å². The number of hydrogen-bond acceptors (Lipinski definition) is 4. The highest BCUT2D eigenvalue weighted by atomic mass is 16.5. The van der Waals surface area contributed by atoms with Crippen molar-refractivity contribution < 1.29 is 4.74 Å². The molecule has 0 aliphatic heterocycles. The minimum Gasteiger partial charge on any atom is -0.385 e. The molecule has 0 saturated heterocycles. The van der Waals surface area contributed by atoms with Crippen molar-refractivity contribution in [3.8, 4) is 0 Å². The quantitative estimate of drug-likeness (QED) is 0.673. The normalized spacial score (nSPS) is 11.2. The average molecular weight is 226 g/mol. The standard InChI is InChI=1S/C11H22N4O/c1-10(2)7-12-8-11-13-9-15(14-11)5-4-6-16-3/h9-10,12H,4-8H2,1-3H3. The predicted octanol–water partition coefficient (Wildman–Crippen LogP) is 1.06. The van der Waals surface area contributed by atoms with Crippen LogP contribution >= 0.6 is 0 Å². The van der Waals surface area contributed by atoms with Gasteiger partial charge in [0.25, 0.3) is 0 Å². The molecule has 0 spiro atoms.